The van der Waals surface area contributed by atoms with Crippen LogP contribution >= 0.6 is 0 Å². The Labute approximate surface area is 124 Å². The first-order valence-electron chi connectivity index (χ1n) is 7.02. The molecule has 0 spiro atoms. The van der Waals surface area contributed by atoms with Gasteiger partial charge in [-0.2, -0.15) is 9.97 Å². The van der Waals surface area contributed by atoms with Crippen LogP contribution in [-0.2, 0) is 4.74 Å². The molecule has 21 heavy (non-hydrogen) atoms. The van der Waals surface area contributed by atoms with Gasteiger partial charge in [0.15, 0.2) is 11.6 Å². The summed E-state index contributed by atoms with van der Waals surface area (Å²) in [5, 5.41) is 15.7. The number of nitrogens with two attached hydrogens (primary N) is 1. The van der Waals surface area contributed by atoms with Crippen LogP contribution in [0, 0.1) is 5.92 Å². The lowest BCUT2D eigenvalue weighted by Gasteiger charge is -2.33. The van der Waals surface area contributed by atoms with E-state index in [2.05, 4.69) is 39.3 Å². The van der Waals surface area contributed by atoms with Crippen molar-refractivity contribution in [2.24, 2.45) is 5.92 Å². The number of anilines is 4. The smallest absolute Gasteiger partial charge is 0.224 e. The highest BCUT2D eigenvalue weighted by Gasteiger charge is 2.33. The fourth-order valence-corrected chi connectivity index (χ4v) is 2.64. The van der Waals surface area contributed by atoms with Crippen LogP contribution in [0.25, 0.3) is 0 Å². The van der Waals surface area contributed by atoms with Crippen LogP contribution in [0.15, 0.2) is 0 Å². The first-order chi connectivity index (χ1) is 10.0. The summed E-state index contributed by atoms with van der Waals surface area (Å²) < 4.78 is 5.33. The number of ether oxygens (including phenoxy) is 1. The number of hydrogen-bond donors (Lipinski definition) is 4. The molecule has 0 aromatic carbocycles. The average molecular weight is 296 g/mol. The van der Waals surface area contributed by atoms with Crippen molar-refractivity contribution in [1.29, 1.82) is 0 Å². The summed E-state index contributed by atoms with van der Waals surface area (Å²) in [4.78, 5) is 10.6. The molecule has 2 rings (SSSR count). The Hall–Kier alpha value is -1.80. The molecule has 118 valence electrons. The van der Waals surface area contributed by atoms with Crippen LogP contribution < -0.4 is 21.3 Å². The highest BCUT2D eigenvalue weighted by atomic mass is 16.5. The standard InChI is InChI=1S/C13H24N6O2/c1-7(9(5-20)21-4)8(2)19-6-16-10-11(15-3)17-13(14)18-12(10)19/h7-9,16,20H,5-6H2,1-4H3,(H3,14,15,17,18). The van der Waals surface area contributed by atoms with Gasteiger partial charge in [-0.3, -0.25) is 0 Å². The van der Waals surface area contributed by atoms with Crippen LogP contribution in [0.3, 0.4) is 0 Å². The van der Waals surface area contributed by atoms with Gasteiger partial charge in [-0.25, -0.2) is 0 Å². The van der Waals surface area contributed by atoms with Gasteiger partial charge in [-0.15, -0.1) is 0 Å². The summed E-state index contributed by atoms with van der Waals surface area (Å²) in [7, 11) is 3.41. The minimum atomic E-state index is -0.216. The van der Waals surface area contributed by atoms with E-state index in [4.69, 9.17) is 10.5 Å². The number of aliphatic hydroxyl groups is 1. The van der Waals surface area contributed by atoms with E-state index in [0.29, 0.717) is 12.5 Å². The van der Waals surface area contributed by atoms with Gasteiger partial charge in [0.2, 0.25) is 5.95 Å². The maximum absolute atomic E-state index is 9.39. The molecule has 1 aliphatic rings. The van der Waals surface area contributed by atoms with Crippen molar-refractivity contribution in [2.75, 3.05) is 48.7 Å². The van der Waals surface area contributed by atoms with Crippen molar-refractivity contribution in [3.05, 3.63) is 0 Å². The number of hydrogen-bond acceptors (Lipinski definition) is 8. The third-order valence-corrected chi connectivity index (χ3v) is 4.16. The number of nitrogen functional groups attached to an aromatic ring is 1. The summed E-state index contributed by atoms with van der Waals surface area (Å²) >= 11 is 0. The number of fused-ring (bicyclic) bond motifs is 1. The molecular weight excluding hydrogens is 272 g/mol. The fourth-order valence-electron chi connectivity index (χ4n) is 2.64. The van der Waals surface area contributed by atoms with Crippen molar-refractivity contribution in [3.63, 3.8) is 0 Å². The van der Waals surface area contributed by atoms with E-state index in [9.17, 15) is 5.11 Å². The van der Waals surface area contributed by atoms with Crippen LogP contribution in [-0.4, -0.2) is 54.7 Å². The second kappa shape index (κ2) is 6.31. The molecule has 0 aliphatic carbocycles. The van der Waals surface area contributed by atoms with Gasteiger partial charge >= 0.3 is 0 Å². The van der Waals surface area contributed by atoms with E-state index in [1.54, 1.807) is 14.2 Å². The van der Waals surface area contributed by atoms with E-state index < -0.39 is 0 Å². The first-order valence-corrected chi connectivity index (χ1v) is 7.02. The topological polar surface area (TPSA) is 109 Å². The maximum Gasteiger partial charge on any atom is 0.224 e. The molecule has 8 nitrogen and oxygen atoms in total. The predicted octanol–water partition coefficient (Wildman–Crippen LogP) is 0.322. The number of nitrogens with one attached hydrogen (secondary N) is 2. The van der Waals surface area contributed by atoms with Crippen molar-refractivity contribution >= 4 is 23.3 Å². The third kappa shape index (κ3) is 2.81. The molecule has 1 aliphatic heterocycles. The fraction of sp³-hybridized carbons (Fsp3) is 0.692. The predicted molar refractivity (Wildman–Crippen MR) is 83.5 cm³/mol. The molecule has 0 bridgehead atoms. The summed E-state index contributed by atoms with van der Waals surface area (Å²) in [6.07, 6.45) is -0.216. The Bertz CT molecular complexity index is 494. The molecule has 3 unspecified atom stereocenters. The molecule has 0 saturated carbocycles. The molecule has 2 heterocycles. The zero-order chi connectivity index (χ0) is 15.6. The van der Waals surface area contributed by atoms with Crippen LogP contribution in [0.5, 0.6) is 0 Å². The SMILES string of the molecule is CNc1nc(N)nc2c1NCN2C(C)C(C)C(CO)OC. The highest BCUT2D eigenvalue weighted by Crippen LogP contribution is 2.37. The van der Waals surface area contributed by atoms with Gasteiger partial charge in [0.05, 0.1) is 19.4 Å². The molecule has 0 radical (unpaired) electrons. The number of aliphatic hydroxyl groups excluding tert-OH is 1. The summed E-state index contributed by atoms with van der Waals surface area (Å²) in [6, 6.07) is 0.120. The molecule has 5 N–H and O–H groups in total. The summed E-state index contributed by atoms with van der Waals surface area (Å²) in [5.41, 5.74) is 6.63. The Kier molecular flexibility index (Phi) is 4.69. The highest BCUT2D eigenvalue weighted by molar-refractivity contribution is 5.82. The second-order valence-corrected chi connectivity index (χ2v) is 5.24. The lowest BCUT2D eigenvalue weighted by atomic mass is 9.96. The zero-order valence-electron chi connectivity index (χ0n) is 12.9. The van der Waals surface area contributed by atoms with E-state index in [1.165, 1.54) is 0 Å². The van der Waals surface area contributed by atoms with Crippen LogP contribution in [0.2, 0.25) is 0 Å². The average Bonchev–Trinajstić information content (AvgIpc) is 2.90. The number of rotatable bonds is 6. The van der Waals surface area contributed by atoms with Crippen LogP contribution in [0.4, 0.5) is 23.3 Å². The summed E-state index contributed by atoms with van der Waals surface area (Å²) in [6.45, 7) is 4.75. The Morgan fingerprint density at radius 1 is 1.48 bits per heavy atom. The maximum atomic E-state index is 9.39. The third-order valence-electron chi connectivity index (χ3n) is 4.16. The van der Waals surface area contributed by atoms with Crippen molar-refractivity contribution in [2.45, 2.75) is 26.0 Å². The van der Waals surface area contributed by atoms with E-state index in [1.807, 2.05) is 0 Å². The van der Waals surface area contributed by atoms with Gasteiger partial charge < -0.3 is 31.1 Å². The molecule has 3 atom stereocenters. The Balaban J connectivity index is 2.28. The number of aromatic nitrogens is 2. The van der Waals surface area contributed by atoms with E-state index >= 15 is 0 Å². The molecular formula is C13H24N6O2. The van der Waals surface area contributed by atoms with Gasteiger partial charge in [0.1, 0.15) is 5.69 Å². The second-order valence-electron chi connectivity index (χ2n) is 5.24. The minimum absolute atomic E-state index is 0.0101. The first kappa shape index (κ1) is 15.6. The Morgan fingerprint density at radius 2 is 2.19 bits per heavy atom. The minimum Gasteiger partial charge on any atom is -0.394 e. The van der Waals surface area contributed by atoms with Crippen molar-refractivity contribution < 1.29 is 9.84 Å². The van der Waals surface area contributed by atoms with Crippen molar-refractivity contribution in [1.82, 2.24) is 9.97 Å². The number of methoxy groups -OCH3 is 1. The molecule has 1 aromatic heterocycles. The lowest BCUT2D eigenvalue weighted by Crippen LogP contribution is -2.43. The monoisotopic (exact) mass is 296 g/mol. The molecule has 0 saturated heterocycles. The van der Waals surface area contributed by atoms with E-state index in [-0.39, 0.29) is 30.6 Å². The normalized spacial score (nSPS) is 17.9. The summed E-state index contributed by atoms with van der Waals surface area (Å²) in [5.74, 6) is 1.82. The Morgan fingerprint density at radius 3 is 2.76 bits per heavy atom. The van der Waals surface area contributed by atoms with Gasteiger partial charge in [-0.05, 0) is 6.92 Å². The lowest BCUT2D eigenvalue weighted by molar-refractivity contribution is 0.00639. The van der Waals surface area contributed by atoms with Gasteiger partial charge in [-0.1, -0.05) is 6.92 Å². The molecule has 8 heteroatoms. The van der Waals surface area contributed by atoms with Crippen molar-refractivity contribution in [3.8, 4) is 0 Å². The molecule has 0 fully saturated rings. The largest absolute Gasteiger partial charge is 0.394 e. The zero-order valence-corrected chi connectivity index (χ0v) is 12.9. The van der Waals surface area contributed by atoms with Crippen LogP contribution in [0.1, 0.15) is 13.8 Å². The quantitative estimate of drug-likeness (QED) is 0.594. The van der Waals surface area contributed by atoms with Gasteiger partial charge in [0.25, 0.3) is 0 Å². The molecule has 1 aromatic rings. The molecule has 0 amide bonds. The van der Waals surface area contributed by atoms with E-state index in [0.717, 1.165) is 11.5 Å². The number of nitrogens with zero attached hydrogens (tertiary/aromatic N) is 3. The van der Waals surface area contributed by atoms with Gasteiger partial charge in [0, 0.05) is 26.1 Å².